The zero-order chi connectivity index (χ0) is 21.0. The number of methoxy groups -OCH3 is 1. The predicted octanol–water partition coefficient (Wildman–Crippen LogP) is 3.15. The standard InChI is InChI=1S/C19H20N4O4S2/c1-12-6-4-5-7-16(12)17(24)20-18-21-22-19(28-18)29(25,26)23-13(2)14-8-10-15(27-3)11-9-14/h4-11,13,23H,1-3H3,(H,20,21,24)/t13-/m1/s1. The van der Waals surface area contributed by atoms with Crippen LogP contribution < -0.4 is 14.8 Å². The van der Waals surface area contributed by atoms with Gasteiger partial charge in [0.1, 0.15) is 5.75 Å². The van der Waals surface area contributed by atoms with Crippen LogP contribution in [-0.4, -0.2) is 31.6 Å². The Hall–Kier alpha value is -2.82. The van der Waals surface area contributed by atoms with E-state index in [4.69, 9.17) is 4.74 Å². The second-order valence-corrected chi connectivity index (χ2v) is 9.12. The van der Waals surface area contributed by atoms with Crippen molar-refractivity contribution < 1.29 is 17.9 Å². The van der Waals surface area contributed by atoms with Crippen molar-refractivity contribution in [3.8, 4) is 5.75 Å². The second-order valence-electron chi connectivity index (χ2n) is 6.26. The van der Waals surface area contributed by atoms with Crippen molar-refractivity contribution in [2.45, 2.75) is 24.2 Å². The van der Waals surface area contributed by atoms with Gasteiger partial charge < -0.3 is 4.74 Å². The number of hydrogen-bond donors (Lipinski definition) is 2. The molecule has 10 heteroatoms. The molecule has 0 fully saturated rings. The third kappa shape index (κ3) is 4.97. The summed E-state index contributed by atoms with van der Waals surface area (Å²) < 4.78 is 32.7. The number of ether oxygens (including phenoxy) is 1. The Balaban J connectivity index is 1.71. The van der Waals surface area contributed by atoms with Crippen molar-refractivity contribution in [1.82, 2.24) is 14.9 Å². The molecule has 0 aliphatic heterocycles. The monoisotopic (exact) mass is 432 g/mol. The number of aromatic nitrogens is 2. The maximum Gasteiger partial charge on any atom is 0.270 e. The van der Waals surface area contributed by atoms with E-state index < -0.39 is 16.1 Å². The lowest BCUT2D eigenvalue weighted by Crippen LogP contribution is -2.26. The van der Waals surface area contributed by atoms with Crippen LogP contribution >= 0.6 is 11.3 Å². The van der Waals surface area contributed by atoms with Crippen molar-refractivity contribution in [2.75, 3.05) is 12.4 Å². The fraction of sp³-hybridized carbons (Fsp3) is 0.211. The predicted molar refractivity (Wildman–Crippen MR) is 111 cm³/mol. The summed E-state index contributed by atoms with van der Waals surface area (Å²) in [6.07, 6.45) is 0. The van der Waals surface area contributed by atoms with Crippen LogP contribution in [0.4, 0.5) is 5.13 Å². The Labute approximate surface area is 173 Å². The van der Waals surface area contributed by atoms with Gasteiger partial charge in [-0.15, -0.1) is 10.2 Å². The molecule has 0 radical (unpaired) electrons. The fourth-order valence-electron chi connectivity index (χ4n) is 2.60. The highest BCUT2D eigenvalue weighted by molar-refractivity contribution is 7.91. The third-order valence-electron chi connectivity index (χ3n) is 4.19. The largest absolute Gasteiger partial charge is 0.497 e. The number of carbonyl (C=O) groups excluding carboxylic acids is 1. The molecule has 0 spiro atoms. The number of amides is 1. The molecule has 1 amide bonds. The third-order valence-corrected chi connectivity index (χ3v) is 6.94. The molecule has 1 aromatic heterocycles. The van der Waals surface area contributed by atoms with Crippen molar-refractivity contribution in [1.29, 1.82) is 0 Å². The summed E-state index contributed by atoms with van der Waals surface area (Å²) in [5.74, 6) is 0.310. The number of benzene rings is 2. The molecule has 2 aromatic carbocycles. The molecule has 0 aliphatic carbocycles. The highest BCUT2D eigenvalue weighted by Crippen LogP contribution is 2.24. The van der Waals surface area contributed by atoms with Crippen molar-refractivity contribution >= 4 is 32.4 Å². The van der Waals surface area contributed by atoms with E-state index >= 15 is 0 Å². The lowest BCUT2D eigenvalue weighted by molar-refractivity contribution is 0.102. The summed E-state index contributed by atoms with van der Waals surface area (Å²) in [7, 11) is -2.34. The summed E-state index contributed by atoms with van der Waals surface area (Å²) >= 11 is 0.787. The van der Waals surface area contributed by atoms with E-state index in [2.05, 4.69) is 20.2 Å². The highest BCUT2D eigenvalue weighted by Gasteiger charge is 2.24. The first kappa shape index (κ1) is 20.9. The lowest BCUT2D eigenvalue weighted by Gasteiger charge is -2.13. The number of aryl methyl sites for hydroxylation is 1. The molecule has 1 atom stereocenters. The molecule has 29 heavy (non-hydrogen) atoms. The number of hydrogen-bond acceptors (Lipinski definition) is 7. The Bertz CT molecular complexity index is 1110. The zero-order valence-electron chi connectivity index (χ0n) is 16.0. The highest BCUT2D eigenvalue weighted by atomic mass is 32.2. The molecule has 8 nitrogen and oxygen atoms in total. The maximum absolute atomic E-state index is 12.6. The van der Waals surface area contributed by atoms with Gasteiger partial charge in [0.05, 0.1) is 7.11 Å². The molecule has 0 bridgehead atoms. The van der Waals surface area contributed by atoms with Gasteiger partial charge in [0.25, 0.3) is 15.9 Å². The molecule has 0 aliphatic rings. The van der Waals surface area contributed by atoms with Crippen LogP contribution in [0.25, 0.3) is 0 Å². The topological polar surface area (TPSA) is 110 Å². The van der Waals surface area contributed by atoms with Gasteiger partial charge in [0.2, 0.25) is 9.47 Å². The van der Waals surface area contributed by atoms with Gasteiger partial charge in [-0.3, -0.25) is 10.1 Å². The molecule has 3 aromatic rings. The van der Waals surface area contributed by atoms with Crippen molar-refractivity contribution in [3.05, 3.63) is 65.2 Å². The van der Waals surface area contributed by atoms with E-state index in [1.807, 2.05) is 19.1 Å². The summed E-state index contributed by atoms with van der Waals surface area (Å²) in [6.45, 7) is 3.54. The summed E-state index contributed by atoms with van der Waals surface area (Å²) in [4.78, 5) is 12.4. The second kappa shape index (κ2) is 8.68. The smallest absolute Gasteiger partial charge is 0.270 e. The molecule has 0 unspecified atom stereocenters. The van der Waals surface area contributed by atoms with Crippen molar-refractivity contribution in [2.24, 2.45) is 0 Å². The first-order valence-corrected chi connectivity index (χ1v) is 11.0. The summed E-state index contributed by atoms with van der Waals surface area (Å²) in [5.41, 5.74) is 2.06. The van der Waals surface area contributed by atoms with E-state index in [1.165, 1.54) is 0 Å². The maximum atomic E-state index is 12.6. The van der Waals surface area contributed by atoms with Crippen LogP contribution in [0, 0.1) is 6.92 Å². The quantitative estimate of drug-likeness (QED) is 0.555. The molecule has 2 N–H and O–H groups in total. The number of nitrogens with one attached hydrogen (secondary N) is 2. The molecule has 0 saturated heterocycles. The SMILES string of the molecule is COc1ccc([C@@H](C)NS(=O)(=O)c2nnc(NC(=O)c3ccccc3C)s2)cc1. The average Bonchev–Trinajstić information content (AvgIpc) is 3.17. The van der Waals surface area contributed by atoms with E-state index in [9.17, 15) is 13.2 Å². The molecular weight excluding hydrogens is 412 g/mol. The van der Waals surface area contributed by atoms with E-state index in [-0.39, 0.29) is 15.4 Å². The van der Waals surface area contributed by atoms with E-state index in [0.717, 1.165) is 22.5 Å². The molecule has 152 valence electrons. The van der Waals surface area contributed by atoms with Gasteiger partial charge in [-0.25, -0.2) is 13.1 Å². The van der Waals surface area contributed by atoms with Crippen LogP contribution in [-0.2, 0) is 10.0 Å². The van der Waals surface area contributed by atoms with Crippen LogP contribution in [0.1, 0.15) is 34.5 Å². The minimum Gasteiger partial charge on any atom is -0.497 e. The minimum absolute atomic E-state index is 0.107. The minimum atomic E-state index is -3.90. The van der Waals surface area contributed by atoms with Gasteiger partial charge in [-0.1, -0.05) is 41.7 Å². The van der Waals surface area contributed by atoms with Gasteiger partial charge in [-0.2, -0.15) is 0 Å². The number of carbonyl (C=O) groups is 1. The first-order valence-electron chi connectivity index (χ1n) is 8.67. The van der Waals surface area contributed by atoms with Gasteiger partial charge in [0.15, 0.2) is 0 Å². The number of nitrogens with zero attached hydrogens (tertiary/aromatic N) is 2. The fourth-order valence-corrected chi connectivity index (χ4v) is 4.75. The van der Waals surface area contributed by atoms with Crippen LogP contribution in [0.3, 0.4) is 0 Å². The zero-order valence-corrected chi connectivity index (χ0v) is 17.7. The van der Waals surface area contributed by atoms with Crippen LogP contribution in [0.2, 0.25) is 0 Å². The Morgan fingerprint density at radius 3 is 2.45 bits per heavy atom. The number of sulfonamides is 1. The lowest BCUT2D eigenvalue weighted by atomic mass is 10.1. The molecule has 0 saturated carbocycles. The first-order chi connectivity index (χ1) is 13.8. The van der Waals surface area contributed by atoms with Crippen LogP contribution in [0.5, 0.6) is 5.75 Å². The summed E-state index contributed by atoms with van der Waals surface area (Å²) in [5, 5.41) is 10.2. The van der Waals surface area contributed by atoms with Gasteiger partial charge in [-0.05, 0) is 43.2 Å². The normalized spacial score (nSPS) is 12.4. The van der Waals surface area contributed by atoms with Gasteiger partial charge >= 0.3 is 0 Å². The molecule has 1 heterocycles. The molecule has 3 rings (SSSR count). The van der Waals surface area contributed by atoms with E-state index in [1.54, 1.807) is 50.4 Å². The Morgan fingerprint density at radius 1 is 1.10 bits per heavy atom. The van der Waals surface area contributed by atoms with Gasteiger partial charge in [0, 0.05) is 11.6 Å². The summed E-state index contributed by atoms with van der Waals surface area (Å²) in [6, 6.07) is 13.7. The Kier molecular flexibility index (Phi) is 6.26. The number of anilines is 1. The van der Waals surface area contributed by atoms with Crippen LogP contribution in [0.15, 0.2) is 52.9 Å². The van der Waals surface area contributed by atoms with Crippen molar-refractivity contribution in [3.63, 3.8) is 0 Å². The number of rotatable bonds is 7. The van der Waals surface area contributed by atoms with E-state index in [0.29, 0.717) is 11.3 Å². The average molecular weight is 433 g/mol. The molecular formula is C19H20N4O4S2. The Morgan fingerprint density at radius 2 is 1.79 bits per heavy atom.